The van der Waals surface area contributed by atoms with Crippen LogP contribution < -0.4 is 0 Å². The van der Waals surface area contributed by atoms with Gasteiger partial charge in [0.2, 0.25) is 0 Å². The Kier molecular flexibility index (Phi) is 3.41. The number of halogens is 2. The third-order valence-electron chi connectivity index (χ3n) is 3.67. The molecule has 0 N–H and O–H groups in total. The fourth-order valence-electron chi connectivity index (χ4n) is 2.58. The van der Waals surface area contributed by atoms with E-state index in [9.17, 15) is 4.39 Å². The molecular weight excluding hydrogens is 293 g/mol. The number of nitrogens with zero attached hydrogens (tertiary/aromatic N) is 5. The molecule has 0 spiro atoms. The third-order valence-corrected chi connectivity index (χ3v) is 3.91. The van der Waals surface area contributed by atoms with Crippen molar-refractivity contribution >= 4 is 22.6 Å². The van der Waals surface area contributed by atoms with Gasteiger partial charge in [0.05, 0.1) is 23.0 Å². The summed E-state index contributed by atoms with van der Waals surface area (Å²) in [6, 6.07) is 3.14. The molecule has 110 valence electrons. The highest BCUT2D eigenvalue weighted by Gasteiger charge is 2.21. The van der Waals surface area contributed by atoms with Gasteiger partial charge < -0.3 is 9.13 Å². The number of alkyl halides is 1. The maximum atomic E-state index is 13.7. The Labute approximate surface area is 126 Å². The van der Waals surface area contributed by atoms with E-state index in [4.69, 9.17) is 11.6 Å². The zero-order valence-corrected chi connectivity index (χ0v) is 12.8. The number of aryl methyl sites for hydroxylation is 2. The second-order valence-electron chi connectivity index (χ2n) is 5.10. The first kappa shape index (κ1) is 14.0. The Hall–Kier alpha value is -1.95. The van der Waals surface area contributed by atoms with Gasteiger partial charge in [-0.1, -0.05) is 0 Å². The van der Waals surface area contributed by atoms with E-state index in [1.54, 1.807) is 19.3 Å². The highest BCUT2D eigenvalue weighted by atomic mass is 35.5. The van der Waals surface area contributed by atoms with E-state index in [1.807, 2.05) is 23.1 Å². The predicted octanol–water partition coefficient (Wildman–Crippen LogP) is 2.96. The Morgan fingerprint density at radius 2 is 2.14 bits per heavy atom. The minimum Gasteiger partial charge on any atom is -0.319 e. The van der Waals surface area contributed by atoms with E-state index < -0.39 is 0 Å². The summed E-state index contributed by atoms with van der Waals surface area (Å²) in [5, 5.41) is 8.05. The van der Waals surface area contributed by atoms with Crippen LogP contribution in [0.25, 0.3) is 11.0 Å². The second-order valence-corrected chi connectivity index (χ2v) is 5.37. The molecule has 0 saturated carbocycles. The van der Waals surface area contributed by atoms with Gasteiger partial charge in [-0.15, -0.1) is 21.8 Å². The molecule has 0 bridgehead atoms. The van der Waals surface area contributed by atoms with Crippen LogP contribution in [0.2, 0.25) is 0 Å². The molecule has 1 atom stereocenters. The third kappa shape index (κ3) is 2.19. The van der Waals surface area contributed by atoms with Crippen LogP contribution in [0.4, 0.5) is 4.39 Å². The maximum absolute atomic E-state index is 13.7. The number of hydrogen-bond donors (Lipinski definition) is 0. The van der Waals surface area contributed by atoms with E-state index in [1.165, 1.54) is 6.07 Å². The summed E-state index contributed by atoms with van der Waals surface area (Å²) in [4.78, 5) is 4.43. The maximum Gasteiger partial charge on any atom is 0.155 e. The molecule has 7 heteroatoms. The predicted molar refractivity (Wildman–Crippen MR) is 78.8 cm³/mol. The minimum absolute atomic E-state index is 0.0962. The summed E-state index contributed by atoms with van der Waals surface area (Å²) in [7, 11) is 1.89. The van der Waals surface area contributed by atoms with Gasteiger partial charge in [0.15, 0.2) is 5.82 Å². The first-order valence-corrected chi connectivity index (χ1v) is 7.13. The summed E-state index contributed by atoms with van der Waals surface area (Å²) in [6.07, 6.45) is 1.65. The second kappa shape index (κ2) is 5.11. The fraction of sp³-hybridized carbons (Fsp3) is 0.357. The van der Waals surface area contributed by atoms with Crippen molar-refractivity contribution in [2.24, 2.45) is 7.05 Å². The first-order chi connectivity index (χ1) is 10.0. The summed E-state index contributed by atoms with van der Waals surface area (Å²) < 4.78 is 17.6. The van der Waals surface area contributed by atoms with Crippen molar-refractivity contribution in [1.29, 1.82) is 0 Å². The molecule has 0 saturated heterocycles. The van der Waals surface area contributed by atoms with E-state index in [0.717, 1.165) is 11.3 Å². The summed E-state index contributed by atoms with van der Waals surface area (Å²) in [6.45, 7) is 3.74. The summed E-state index contributed by atoms with van der Waals surface area (Å²) in [5.74, 6) is 1.46. The van der Waals surface area contributed by atoms with Crippen LogP contribution in [0.5, 0.6) is 0 Å². The van der Waals surface area contributed by atoms with Crippen LogP contribution in [0, 0.1) is 12.7 Å². The van der Waals surface area contributed by atoms with E-state index >= 15 is 0 Å². The van der Waals surface area contributed by atoms with E-state index in [-0.39, 0.29) is 17.7 Å². The molecule has 2 aromatic heterocycles. The zero-order valence-electron chi connectivity index (χ0n) is 12.0. The normalized spacial score (nSPS) is 13.0. The molecular formula is C14H15ClFN5. The van der Waals surface area contributed by atoms with Gasteiger partial charge in [0, 0.05) is 13.1 Å². The van der Waals surface area contributed by atoms with Crippen LogP contribution in [0.15, 0.2) is 18.5 Å². The lowest BCUT2D eigenvalue weighted by Gasteiger charge is -2.16. The first-order valence-electron chi connectivity index (χ1n) is 6.59. The van der Waals surface area contributed by atoms with Gasteiger partial charge in [-0.2, -0.15) is 0 Å². The molecule has 1 unspecified atom stereocenters. The monoisotopic (exact) mass is 307 g/mol. The number of hydrogen-bond acceptors (Lipinski definition) is 3. The van der Waals surface area contributed by atoms with E-state index in [0.29, 0.717) is 16.9 Å². The standard InChI is InChI=1S/C14H15ClFN5/c1-8-4-12-11(5-10(8)16)18-13(6-15)21(12)9(2)14-19-17-7-20(14)3/h4-5,7,9H,6H2,1-3H3. The highest BCUT2D eigenvalue weighted by Crippen LogP contribution is 2.27. The van der Waals surface area contributed by atoms with Crippen LogP contribution in [0.1, 0.15) is 30.2 Å². The number of fused-ring (bicyclic) bond motifs is 1. The molecule has 0 aliphatic carbocycles. The smallest absolute Gasteiger partial charge is 0.155 e. The van der Waals surface area contributed by atoms with Gasteiger partial charge in [-0.25, -0.2) is 9.37 Å². The fourth-order valence-corrected chi connectivity index (χ4v) is 2.77. The lowest BCUT2D eigenvalue weighted by Crippen LogP contribution is -2.14. The van der Waals surface area contributed by atoms with Crippen molar-refractivity contribution in [2.75, 3.05) is 0 Å². The molecule has 2 heterocycles. The highest BCUT2D eigenvalue weighted by molar-refractivity contribution is 6.16. The van der Waals surface area contributed by atoms with Crippen molar-refractivity contribution in [3.05, 3.63) is 41.5 Å². The van der Waals surface area contributed by atoms with Crippen LogP contribution >= 0.6 is 11.6 Å². The molecule has 5 nitrogen and oxygen atoms in total. The largest absolute Gasteiger partial charge is 0.319 e. The Bertz CT molecular complexity index is 807. The summed E-state index contributed by atoms with van der Waals surface area (Å²) in [5.41, 5.74) is 2.03. The molecule has 0 fully saturated rings. The Morgan fingerprint density at radius 1 is 1.38 bits per heavy atom. The van der Waals surface area contributed by atoms with Crippen LogP contribution in [-0.2, 0) is 12.9 Å². The molecule has 0 radical (unpaired) electrons. The van der Waals surface area contributed by atoms with Crippen molar-refractivity contribution in [3.8, 4) is 0 Å². The molecule has 1 aromatic carbocycles. The lowest BCUT2D eigenvalue weighted by molar-refractivity contribution is 0.571. The topological polar surface area (TPSA) is 48.5 Å². The van der Waals surface area contributed by atoms with Crippen LogP contribution in [0.3, 0.4) is 0 Å². The van der Waals surface area contributed by atoms with Gasteiger partial charge in [-0.05, 0) is 25.5 Å². The number of imidazole rings is 1. The average Bonchev–Trinajstić information content (AvgIpc) is 3.02. The molecule has 0 amide bonds. The molecule has 3 aromatic rings. The van der Waals surface area contributed by atoms with Crippen molar-refractivity contribution in [3.63, 3.8) is 0 Å². The van der Waals surface area contributed by atoms with Crippen LogP contribution in [-0.4, -0.2) is 24.3 Å². The number of benzene rings is 1. The van der Waals surface area contributed by atoms with Gasteiger partial charge in [0.25, 0.3) is 0 Å². The average molecular weight is 308 g/mol. The van der Waals surface area contributed by atoms with Crippen molar-refractivity contribution in [2.45, 2.75) is 25.8 Å². The zero-order chi connectivity index (χ0) is 15.1. The van der Waals surface area contributed by atoms with Crippen molar-refractivity contribution < 1.29 is 4.39 Å². The Morgan fingerprint density at radius 3 is 2.76 bits per heavy atom. The van der Waals surface area contributed by atoms with E-state index in [2.05, 4.69) is 15.2 Å². The van der Waals surface area contributed by atoms with Gasteiger partial charge in [-0.3, -0.25) is 0 Å². The quantitative estimate of drug-likeness (QED) is 0.699. The number of rotatable bonds is 3. The van der Waals surface area contributed by atoms with Crippen molar-refractivity contribution in [1.82, 2.24) is 24.3 Å². The molecule has 0 aliphatic heterocycles. The summed E-state index contributed by atoms with van der Waals surface area (Å²) >= 11 is 6.01. The molecule has 21 heavy (non-hydrogen) atoms. The molecule has 3 rings (SSSR count). The SMILES string of the molecule is Cc1cc2c(cc1F)nc(CCl)n2C(C)c1nncn1C. The minimum atomic E-state index is -0.264. The molecule has 0 aliphatic rings. The Balaban J connectivity index is 2.25. The van der Waals surface area contributed by atoms with Gasteiger partial charge >= 0.3 is 0 Å². The van der Waals surface area contributed by atoms with Gasteiger partial charge in [0.1, 0.15) is 18.0 Å². The lowest BCUT2D eigenvalue weighted by atomic mass is 10.2. The number of aromatic nitrogens is 5.